The van der Waals surface area contributed by atoms with E-state index < -0.39 is 17.6 Å². The van der Waals surface area contributed by atoms with E-state index in [1.54, 1.807) is 0 Å². The molecule has 0 saturated carbocycles. The maximum Gasteiger partial charge on any atom is 0.329 e. The molecule has 2 rings (SSSR count). The molecule has 0 spiro atoms. The van der Waals surface area contributed by atoms with E-state index in [9.17, 15) is 19.1 Å². The summed E-state index contributed by atoms with van der Waals surface area (Å²) in [5.41, 5.74) is 2.38. The van der Waals surface area contributed by atoms with Crippen LogP contribution in [0.2, 0.25) is 10.0 Å². The second kappa shape index (κ2) is 7.76. The van der Waals surface area contributed by atoms with E-state index in [0.29, 0.717) is 0 Å². The van der Waals surface area contributed by atoms with Crippen molar-refractivity contribution in [3.8, 4) is 5.75 Å². The second-order valence-electron chi connectivity index (χ2n) is 4.49. The Morgan fingerprint density at radius 3 is 2.46 bits per heavy atom. The second-order valence-corrected chi connectivity index (χ2v) is 5.33. The molecule has 0 unspecified atom stereocenters. The first kappa shape index (κ1) is 17.7. The number of aromatic hydroxyl groups is 1. The Morgan fingerprint density at radius 1 is 1.12 bits per heavy atom. The number of nitrogens with zero attached hydrogens (tertiary/aromatic N) is 1. The molecule has 2 aromatic rings. The van der Waals surface area contributed by atoms with Crippen LogP contribution in [0.5, 0.6) is 5.75 Å². The highest BCUT2D eigenvalue weighted by atomic mass is 35.5. The summed E-state index contributed by atoms with van der Waals surface area (Å²) in [6.45, 7) is 0. The minimum atomic E-state index is -1.05. The van der Waals surface area contributed by atoms with E-state index in [1.165, 1.54) is 24.3 Å². The number of hydrogen-bond donors (Lipinski definition) is 3. The molecule has 0 aromatic heterocycles. The number of carbonyl (C=O) groups excluding carboxylic acids is 2. The highest BCUT2D eigenvalue weighted by molar-refractivity contribution is 6.39. The van der Waals surface area contributed by atoms with Gasteiger partial charge in [0.2, 0.25) is 0 Å². The molecule has 124 valence electrons. The average molecular weight is 370 g/mol. The van der Waals surface area contributed by atoms with Gasteiger partial charge >= 0.3 is 11.8 Å². The van der Waals surface area contributed by atoms with Crippen LogP contribution in [-0.2, 0) is 9.59 Å². The molecule has 2 aromatic carbocycles. The highest BCUT2D eigenvalue weighted by Gasteiger charge is 2.13. The normalized spacial score (nSPS) is 10.6. The number of benzene rings is 2. The number of nitrogens with one attached hydrogen (secondary N) is 2. The van der Waals surface area contributed by atoms with Crippen molar-refractivity contribution in [3.63, 3.8) is 0 Å². The lowest BCUT2D eigenvalue weighted by molar-refractivity contribution is -0.136. The number of phenolic OH excluding ortho intramolecular Hbond substituents is 1. The van der Waals surface area contributed by atoms with E-state index in [4.69, 9.17) is 23.2 Å². The first-order valence-electron chi connectivity index (χ1n) is 6.45. The van der Waals surface area contributed by atoms with Crippen LogP contribution in [0.3, 0.4) is 0 Å². The lowest BCUT2D eigenvalue weighted by Crippen LogP contribution is -2.32. The molecule has 0 bridgehead atoms. The number of halogens is 3. The Morgan fingerprint density at radius 2 is 1.79 bits per heavy atom. The predicted octanol–water partition coefficient (Wildman–Crippen LogP) is 2.93. The van der Waals surface area contributed by atoms with Gasteiger partial charge in [-0.1, -0.05) is 23.2 Å². The predicted molar refractivity (Wildman–Crippen MR) is 88.9 cm³/mol. The molecule has 6 nitrogen and oxygen atoms in total. The zero-order chi connectivity index (χ0) is 17.7. The van der Waals surface area contributed by atoms with E-state index in [1.807, 2.05) is 5.43 Å². The van der Waals surface area contributed by atoms with Gasteiger partial charge in [-0.3, -0.25) is 9.59 Å². The number of hydrogen-bond acceptors (Lipinski definition) is 4. The fraction of sp³-hybridized carbons (Fsp3) is 0. The van der Waals surface area contributed by atoms with Gasteiger partial charge in [0, 0.05) is 16.3 Å². The first-order valence-corrected chi connectivity index (χ1v) is 7.20. The zero-order valence-corrected chi connectivity index (χ0v) is 13.4. The van der Waals surface area contributed by atoms with Crippen molar-refractivity contribution < 1.29 is 19.1 Å². The van der Waals surface area contributed by atoms with Crippen molar-refractivity contribution in [2.75, 3.05) is 5.32 Å². The minimum absolute atomic E-state index is 0.0179. The van der Waals surface area contributed by atoms with Gasteiger partial charge in [0.1, 0.15) is 11.6 Å². The molecule has 0 saturated heterocycles. The maximum atomic E-state index is 12.7. The van der Waals surface area contributed by atoms with Crippen molar-refractivity contribution in [3.05, 3.63) is 57.8 Å². The lowest BCUT2D eigenvalue weighted by Gasteiger charge is -2.04. The Hall–Kier alpha value is -2.64. The molecule has 3 N–H and O–H groups in total. The number of hydrazone groups is 1. The Labute approximate surface area is 145 Å². The zero-order valence-electron chi connectivity index (χ0n) is 11.9. The molecule has 0 aliphatic carbocycles. The number of phenols is 1. The number of rotatable bonds is 3. The Kier molecular flexibility index (Phi) is 5.73. The van der Waals surface area contributed by atoms with Crippen LogP contribution in [-0.4, -0.2) is 23.1 Å². The van der Waals surface area contributed by atoms with Crippen LogP contribution >= 0.6 is 23.2 Å². The van der Waals surface area contributed by atoms with Gasteiger partial charge in [-0.05, 0) is 36.4 Å². The summed E-state index contributed by atoms with van der Waals surface area (Å²) >= 11 is 11.5. The third kappa shape index (κ3) is 4.68. The quantitative estimate of drug-likeness (QED) is 0.441. The van der Waals surface area contributed by atoms with Crippen LogP contribution in [0.1, 0.15) is 5.56 Å². The van der Waals surface area contributed by atoms with Gasteiger partial charge in [0.25, 0.3) is 0 Å². The summed E-state index contributed by atoms with van der Waals surface area (Å²) in [7, 11) is 0. The van der Waals surface area contributed by atoms with Crippen LogP contribution in [0, 0.1) is 5.82 Å². The van der Waals surface area contributed by atoms with Crippen LogP contribution in [0.15, 0.2) is 41.5 Å². The molecule has 0 radical (unpaired) electrons. The largest absolute Gasteiger partial charge is 0.506 e. The van der Waals surface area contributed by atoms with Crippen molar-refractivity contribution in [2.24, 2.45) is 5.10 Å². The molecule has 0 aliphatic heterocycles. The van der Waals surface area contributed by atoms with Gasteiger partial charge in [0.05, 0.1) is 11.2 Å². The summed E-state index contributed by atoms with van der Waals surface area (Å²) in [5, 5.41) is 15.8. The van der Waals surface area contributed by atoms with Crippen molar-refractivity contribution >= 4 is 46.9 Å². The Balaban J connectivity index is 1.97. The number of anilines is 1. The standard InChI is InChI=1S/C15H10Cl2FN3O3/c16-9-5-8(13(22)12(17)6-9)7-19-21-15(24)14(23)20-11-3-1-10(18)2-4-11/h1-7,22H,(H,20,23)(H,21,24)/b19-7+. The van der Waals surface area contributed by atoms with Gasteiger partial charge in [-0.25, -0.2) is 9.82 Å². The van der Waals surface area contributed by atoms with Crippen molar-refractivity contribution in [2.45, 2.75) is 0 Å². The molecule has 0 heterocycles. The molecule has 9 heteroatoms. The SMILES string of the molecule is O=C(N/N=C/c1cc(Cl)cc(Cl)c1O)C(=O)Nc1ccc(F)cc1. The third-order valence-electron chi connectivity index (χ3n) is 2.74. The summed E-state index contributed by atoms with van der Waals surface area (Å²) in [4.78, 5) is 23.2. The molecule has 24 heavy (non-hydrogen) atoms. The maximum absolute atomic E-state index is 12.7. The topological polar surface area (TPSA) is 90.8 Å². The fourth-order valence-corrected chi connectivity index (χ4v) is 2.13. The van der Waals surface area contributed by atoms with E-state index >= 15 is 0 Å². The molecular weight excluding hydrogens is 360 g/mol. The first-order chi connectivity index (χ1) is 11.4. The van der Waals surface area contributed by atoms with Crippen molar-refractivity contribution in [1.82, 2.24) is 5.43 Å². The molecule has 0 aliphatic rings. The molecular formula is C15H10Cl2FN3O3. The smallest absolute Gasteiger partial charge is 0.329 e. The van der Waals surface area contributed by atoms with Gasteiger partial charge in [0.15, 0.2) is 0 Å². The summed E-state index contributed by atoms with van der Waals surface area (Å²) in [6.07, 6.45) is 1.08. The van der Waals surface area contributed by atoms with E-state index in [0.717, 1.165) is 18.3 Å². The Bertz CT molecular complexity index is 810. The highest BCUT2D eigenvalue weighted by Crippen LogP contribution is 2.29. The van der Waals surface area contributed by atoms with Gasteiger partial charge < -0.3 is 10.4 Å². The van der Waals surface area contributed by atoms with Crippen molar-refractivity contribution in [1.29, 1.82) is 0 Å². The minimum Gasteiger partial charge on any atom is -0.506 e. The van der Waals surface area contributed by atoms with Gasteiger partial charge in [-0.2, -0.15) is 5.10 Å². The average Bonchev–Trinajstić information content (AvgIpc) is 2.53. The van der Waals surface area contributed by atoms with Crippen LogP contribution in [0.25, 0.3) is 0 Å². The van der Waals surface area contributed by atoms with Gasteiger partial charge in [-0.15, -0.1) is 0 Å². The lowest BCUT2D eigenvalue weighted by atomic mass is 10.2. The number of amides is 2. The molecule has 0 fully saturated rings. The van der Waals surface area contributed by atoms with Crippen LogP contribution < -0.4 is 10.7 Å². The molecule has 2 amide bonds. The van der Waals surface area contributed by atoms with E-state index in [2.05, 4.69) is 10.4 Å². The summed E-state index contributed by atoms with van der Waals surface area (Å²) in [5.74, 6) is -2.79. The fourth-order valence-electron chi connectivity index (χ4n) is 1.62. The molecule has 0 atom stereocenters. The number of carbonyl (C=O) groups is 2. The monoisotopic (exact) mass is 369 g/mol. The summed E-state index contributed by atoms with van der Waals surface area (Å²) in [6, 6.07) is 7.59. The summed E-state index contributed by atoms with van der Waals surface area (Å²) < 4.78 is 12.7. The third-order valence-corrected chi connectivity index (χ3v) is 3.24. The van der Waals surface area contributed by atoms with E-state index in [-0.39, 0.29) is 27.0 Å². The van der Waals surface area contributed by atoms with Crippen LogP contribution in [0.4, 0.5) is 10.1 Å².